The first kappa shape index (κ1) is 13.3. The van der Waals surface area contributed by atoms with E-state index >= 15 is 0 Å². The Balaban J connectivity index is 2.04. The number of rotatable bonds is 9. The summed E-state index contributed by atoms with van der Waals surface area (Å²) in [6, 6.07) is 0. The molecule has 1 aliphatic carbocycles. The molecule has 16 heavy (non-hydrogen) atoms. The summed E-state index contributed by atoms with van der Waals surface area (Å²) in [5.74, 6) is 0.333. The van der Waals surface area contributed by atoms with Gasteiger partial charge in [-0.05, 0) is 44.1 Å². The van der Waals surface area contributed by atoms with Crippen molar-refractivity contribution in [1.29, 1.82) is 0 Å². The van der Waals surface area contributed by atoms with E-state index in [0.717, 1.165) is 45.2 Å². The van der Waals surface area contributed by atoms with E-state index in [1.807, 2.05) is 0 Å². The number of unbranched alkanes of at least 4 members (excludes halogenated alkanes) is 2. The van der Waals surface area contributed by atoms with Gasteiger partial charge in [-0.2, -0.15) is 0 Å². The van der Waals surface area contributed by atoms with Crippen LogP contribution in [0.3, 0.4) is 0 Å². The van der Waals surface area contributed by atoms with Crippen molar-refractivity contribution in [3.63, 3.8) is 0 Å². The smallest absolute Gasteiger partial charge is 0.139 e. The maximum absolute atomic E-state index is 8.62. The molecule has 1 rings (SSSR count). The standard InChI is InChI=1S/C11H23N3O2/c12-10(14-16)8-11(4-5-11)9-13-6-2-1-3-7-15/h13,15-16H,1-9H2,(H2,12,14). The molecule has 0 aromatic carbocycles. The summed E-state index contributed by atoms with van der Waals surface area (Å²) in [5, 5.41) is 23.6. The van der Waals surface area contributed by atoms with E-state index in [0.29, 0.717) is 12.3 Å². The number of nitrogens with zero attached hydrogens (tertiary/aromatic N) is 1. The lowest BCUT2D eigenvalue weighted by molar-refractivity contribution is 0.282. The monoisotopic (exact) mass is 229 g/mol. The van der Waals surface area contributed by atoms with Crippen molar-refractivity contribution in [3.8, 4) is 0 Å². The second kappa shape index (κ2) is 6.70. The molecule has 5 N–H and O–H groups in total. The molecule has 94 valence electrons. The minimum atomic E-state index is 0.243. The van der Waals surface area contributed by atoms with Crippen molar-refractivity contribution in [1.82, 2.24) is 5.32 Å². The average molecular weight is 229 g/mol. The van der Waals surface area contributed by atoms with Gasteiger partial charge in [0.05, 0.1) is 0 Å². The highest BCUT2D eigenvalue weighted by Crippen LogP contribution is 2.48. The Morgan fingerprint density at radius 3 is 2.62 bits per heavy atom. The maximum Gasteiger partial charge on any atom is 0.139 e. The van der Waals surface area contributed by atoms with Gasteiger partial charge in [0, 0.05) is 19.6 Å². The van der Waals surface area contributed by atoms with Crippen LogP contribution in [0.25, 0.3) is 0 Å². The predicted molar refractivity (Wildman–Crippen MR) is 63.5 cm³/mol. The molecular weight excluding hydrogens is 206 g/mol. The maximum atomic E-state index is 8.62. The van der Waals surface area contributed by atoms with Crippen LogP contribution >= 0.6 is 0 Å². The molecule has 0 saturated heterocycles. The summed E-state index contributed by atoms with van der Waals surface area (Å²) in [6.45, 7) is 2.22. The van der Waals surface area contributed by atoms with Crippen LogP contribution in [-0.2, 0) is 0 Å². The van der Waals surface area contributed by atoms with E-state index in [9.17, 15) is 0 Å². The predicted octanol–water partition coefficient (Wildman–Crippen LogP) is 0.655. The third kappa shape index (κ3) is 4.81. The molecular formula is C11H23N3O2. The Labute approximate surface area is 96.7 Å². The Kier molecular flexibility index (Phi) is 5.55. The number of oxime groups is 1. The summed E-state index contributed by atoms with van der Waals surface area (Å²) >= 11 is 0. The van der Waals surface area contributed by atoms with Gasteiger partial charge in [-0.15, -0.1) is 0 Å². The average Bonchev–Trinajstić information content (AvgIpc) is 3.03. The second-order valence-electron chi connectivity index (χ2n) is 4.73. The van der Waals surface area contributed by atoms with Gasteiger partial charge in [0.15, 0.2) is 0 Å². The molecule has 0 bridgehead atoms. The molecule has 5 heteroatoms. The molecule has 1 aliphatic rings. The van der Waals surface area contributed by atoms with E-state index in [1.165, 1.54) is 0 Å². The Morgan fingerprint density at radius 1 is 1.31 bits per heavy atom. The lowest BCUT2D eigenvalue weighted by Crippen LogP contribution is -2.29. The highest BCUT2D eigenvalue weighted by Gasteiger charge is 2.42. The van der Waals surface area contributed by atoms with Crippen molar-refractivity contribution < 1.29 is 10.3 Å². The van der Waals surface area contributed by atoms with E-state index in [-0.39, 0.29) is 12.0 Å². The van der Waals surface area contributed by atoms with Crippen molar-refractivity contribution in [2.75, 3.05) is 19.7 Å². The lowest BCUT2D eigenvalue weighted by Gasteiger charge is -2.14. The molecule has 0 heterocycles. The van der Waals surface area contributed by atoms with Crippen molar-refractivity contribution in [2.45, 2.75) is 38.5 Å². The summed E-state index contributed by atoms with van der Waals surface area (Å²) in [6.07, 6.45) is 6.06. The minimum Gasteiger partial charge on any atom is -0.409 e. The van der Waals surface area contributed by atoms with Gasteiger partial charge in [-0.25, -0.2) is 0 Å². The van der Waals surface area contributed by atoms with Crippen molar-refractivity contribution >= 4 is 5.84 Å². The highest BCUT2D eigenvalue weighted by molar-refractivity contribution is 5.80. The first-order valence-electron chi connectivity index (χ1n) is 6.00. The van der Waals surface area contributed by atoms with Crippen LogP contribution in [0.5, 0.6) is 0 Å². The Hall–Kier alpha value is -0.810. The number of hydrogen-bond donors (Lipinski definition) is 4. The molecule has 0 aromatic rings. The van der Waals surface area contributed by atoms with E-state index < -0.39 is 0 Å². The molecule has 0 unspecified atom stereocenters. The van der Waals surface area contributed by atoms with E-state index in [2.05, 4.69) is 10.5 Å². The number of nitrogens with one attached hydrogen (secondary N) is 1. The zero-order valence-corrected chi connectivity index (χ0v) is 9.78. The Bertz CT molecular complexity index is 227. The van der Waals surface area contributed by atoms with Gasteiger partial charge < -0.3 is 21.4 Å². The number of hydrogen-bond acceptors (Lipinski definition) is 4. The van der Waals surface area contributed by atoms with Gasteiger partial charge in [0.1, 0.15) is 5.84 Å². The van der Waals surface area contributed by atoms with Gasteiger partial charge in [-0.1, -0.05) is 5.16 Å². The number of nitrogens with two attached hydrogens (primary N) is 1. The largest absolute Gasteiger partial charge is 0.409 e. The van der Waals surface area contributed by atoms with Gasteiger partial charge >= 0.3 is 0 Å². The first-order chi connectivity index (χ1) is 7.72. The van der Waals surface area contributed by atoms with Crippen molar-refractivity contribution in [3.05, 3.63) is 0 Å². The van der Waals surface area contributed by atoms with Crippen LogP contribution in [0.2, 0.25) is 0 Å². The Morgan fingerprint density at radius 2 is 2.06 bits per heavy atom. The topological polar surface area (TPSA) is 90.9 Å². The summed E-state index contributed by atoms with van der Waals surface area (Å²) in [5.41, 5.74) is 5.76. The third-order valence-corrected chi connectivity index (χ3v) is 3.15. The second-order valence-corrected chi connectivity index (χ2v) is 4.73. The van der Waals surface area contributed by atoms with E-state index in [1.54, 1.807) is 0 Å². The quantitative estimate of drug-likeness (QED) is 0.154. The van der Waals surface area contributed by atoms with Crippen molar-refractivity contribution in [2.24, 2.45) is 16.3 Å². The van der Waals surface area contributed by atoms with Crippen LogP contribution in [0, 0.1) is 5.41 Å². The molecule has 1 saturated carbocycles. The number of aliphatic hydroxyl groups excluding tert-OH is 1. The molecule has 1 fully saturated rings. The summed E-state index contributed by atoms with van der Waals surface area (Å²) in [7, 11) is 0. The summed E-state index contributed by atoms with van der Waals surface area (Å²) in [4.78, 5) is 0. The summed E-state index contributed by atoms with van der Waals surface area (Å²) < 4.78 is 0. The fourth-order valence-electron chi connectivity index (χ4n) is 1.90. The van der Waals surface area contributed by atoms with Crippen LogP contribution in [0.1, 0.15) is 38.5 Å². The molecule has 5 nitrogen and oxygen atoms in total. The van der Waals surface area contributed by atoms with Crippen LogP contribution < -0.4 is 11.1 Å². The molecule has 0 aliphatic heterocycles. The highest BCUT2D eigenvalue weighted by atomic mass is 16.4. The van der Waals surface area contributed by atoms with Gasteiger partial charge in [0.2, 0.25) is 0 Å². The minimum absolute atomic E-state index is 0.243. The fourth-order valence-corrected chi connectivity index (χ4v) is 1.90. The molecule has 0 aromatic heterocycles. The zero-order chi connectivity index (χ0) is 11.9. The lowest BCUT2D eigenvalue weighted by atomic mass is 10.0. The van der Waals surface area contributed by atoms with Crippen LogP contribution in [0.4, 0.5) is 0 Å². The number of aliphatic hydroxyl groups is 1. The molecule has 0 radical (unpaired) electrons. The van der Waals surface area contributed by atoms with E-state index in [4.69, 9.17) is 16.0 Å². The van der Waals surface area contributed by atoms with Crippen LogP contribution in [-0.4, -0.2) is 35.8 Å². The number of amidine groups is 1. The van der Waals surface area contributed by atoms with Gasteiger partial charge in [-0.3, -0.25) is 0 Å². The first-order valence-corrected chi connectivity index (χ1v) is 6.00. The van der Waals surface area contributed by atoms with Gasteiger partial charge in [0.25, 0.3) is 0 Å². The third-order valence-electron chi connectivity index (χ3n) is 3.15. The molecule has 0 atom stereocenters. The van der Waals surface area contributed by atoms with Crippen LogP contribution in [0.15, 0.2) is 5.16 Å². The SMILES string of the molecule is NC(CC1(CNCCCCCO)CC1)=NO. The molecule has 0 spiro atoms. The fraction of sp³-hybridized carbons (Fsp3) is 0.909. The molecule has 0 amide bonds. The normalized spacial score (nSPS) is 18.7. The zero-order valence-electron chi connectivity index (χ0n) is 9.78.